The van der Waals surface area contributed by atoms with Gasteiger partial charge in [0, 0.05) is 11.8 Å². The van der Waals surface area contributed by atoms with E-state index in [9.17, 15) is 4.79 Å². The largest absolute Gasteiger partial charge is 0.486 e. The number of para-hydroxylation sites is 2. The second kappa shape index (κ2) is 8.14. The number of ether oxygens (including phenoxy) is 2. The number of nitrogens with zero attached hydrogens (tertiary/aromatic N) is 1. The zero-order chi connectivity index (χ0) is 15.4. The molecule has 1 aromatic heterocycles. The Balaban J connectivity index is 0.00000192. The molecule has 6 nitrogen and oxygen atoms in total. The number of fused-ring (bicyclic) bond motifs is 1. The molecule has 1 amide bonds. The van der Waals surface area contributed by atoms with Gasteiger partial charge in [0.25, 0.3) is 5.91 Å². The van der Waals surface area contributed by atoms with Crippen molar-refractivity contribution in [1.29, 1.82) is 0 Å². The molecule has 0 saturated carbocycles. The maximum absolute atomic E-state index is 12.1. The van der Waals surface area contributed by atoms with E-state index in [0.717, 1.165) is 10.8 Å². The number of hydrogen-bond acceptors (Lipinski definition) is 6. The molecule has 0 saturated heterocycles. The SMILES string of the molecule is Cl.NCCc1nc(C(=O)NCC2COc3ccccc3O2)cs1. The van der Waals surface area contributed by atoms with Gasteiger partial charge in [-0.05, 0) is 18.7 Å². The number of hydrogen-bond donors (Lipinski definition) is 2. The lowest BCUT2D eigenvalue weighted by atomic mass is 10.2. The average Bonchev–Trinajstić information content (AvgIpc) is 3.01. The molecule has 0 aliphatic carbocycles. The Morgan fingerprint density at radius 1 is 1.39 bits per heavy atom. The zero-order valence-corrected chi connectivity index (χ0v) is 14.0. The second-order valence-corrected chi connectivity index (χ2v) is 5.82. The van der Waals surface area contributed by atoms with E-state index in [4.69, 9.17) is 15.2 Å². The molecule has 0 spiro atoms. The highest BCUT2D eigenvalue weighted by Crippen LogP contribution is 2.30. The van der Waals surface area contributed by atoms with Crippen LogP contribution in [0.1, 0.15) is 15.5 Å². The summed E-state index contributed by atoms with van der Waals surface area (Å²) < 4.78 is 11.4. The lowest BCUT2D eigenvalue weighted by Crippen LogP contribution is -2.40. The summed E-state index contributed by atoms with van der Waals surface area (Å²) in [5.74, 6) is 1.23. The predicted molar refractivity (Wildman–Crippen MR) is 90.8 cm³/mol. The van der Waals surface area contributed by atoms with Crippen molar-refractivity contribution in [3.8, 4) is 11.5 Å². The topological polar surface area (TPSA) is 86.5 Å². The molecule has 1 aromatic carbocycles. The van der Waals surface area contributed by atoms with Crippen LogP contribution < -0.4 is 20.5 Å². The summed E-state index contributed by atoms with van der Waals surface area (Å²) in [5.41, 5.74) is 5.90. The van der Waals surface area contributed by atoms with Crippen LogP contribution in [0.25, 0.3) is 0 Å². The number of carbonyl (C=O) groups is 1. The van der Waals surface area contributed by atoms with E-state index in [-0.39, 0.29) is 24.4 Å². The van der Waals surface area contributed by atoms with Crippen molar-refractivity contribution < 1.29 is 14.3 Å². The van der Waals surface area contributed by atoms with E-state index in [1.807, 2.05) is 24.3 Å². The first-order chi connectivity index (χ1) is 10.8. The first-order valence-corrected chi connectivity index (χ1v) is 7.95. The number of nitrogens with two attached hydrogens (primary N) is 1. The number of benzene rings is 1. The molecule has 8 heteroatoms. The van der Waals surface area contributed by atoms with Gasteiger partial charge in [0.05, 0.1) is 11.6 Å². The van der Waals surface area contributed by atoms with Crippen LogP contribution in [0.15, 0.2) is 29.6 Å². The number of rotatable bonds is 5. The van der Waals surface area contributed by atoms with E-state index in [2.05, 4.69) is 10.3 Å². The van der Waals surface area contributed by atoms with Crippen LogP contribution in [0.3, 0.4) is 0 Å². The Morgan fingerprint density at radius 2 is 2.17 bits per heavy atom. The van der Waals surface area contributed by atoms with Crippen LogP contribution in [0, 0.1) is 0 Å². The molecule has 0 bridgehead atoms. The Hall–Kier alpha value is -1.83. The van der Waals surface area contributed by atoms with Gasteiger partial charge in [-0.25, -0.2) is 4.98 Å². The zero-order valence-electron chi connectivity index (χ0n) is 12.4. The van der Waals surface area contributed by atoms with Gasteiger partial charge in [0.15, 0.2) is 11.5 Å². The van der Waals surface area contributed by atoms with E-state index >= 15 is 0 Å². The fourth-order valence-corrected chi connectivity index (χ4v) is 2.91. The molecule has 1 aliphatic heterocycles. The minimum atomic E-state index is -0.207. The third-order valence-corrected chi connectivity index (χ3v) is 4.11. The van der Waals surface area contributed by atoms with Gasteiger partial charge < -0.3 is 20.5 Å². The highest BCUT2D eigenvalue weighted by molar-refractivity contribution is 7.09. The quantitative estimate of drug-likeness (QED) is 0.851. The van der Waals surface area contributed by atoms with Crippen LogP contribution in [-0.4, -0.2) is 36.7 Å². The predicted octanol–water partition coefficient (Wildman–Crippen LogP) is 1.64. The summed E-state index contributed by atoms with van der Waals surface area (Å²) in [5, 5.41) is 5.44. The van der Waals surface area contributed by atoms with Crippen molar-refractivity contribution in [2.75, 3.05) is 19.7 Å². The fourth-order valence-electron chi connectivity index (χ4n) is 2.11. The van der Waals surface area contributed by atoms with Gasteiger partial charge in [0.1, 0.15) is 18.4 Å². The molecule has 1 aliphatic rings. The Labute approximate surface area is 144 Å². The second-order valence-electron chi connectivity index (χ2n) is 4.87. The van der Waals surface area contributed by atoms with Gasteiger partial charge in [0.2, 0.25) is 0 Å². The summed E-state index contributed by atoms with van der Waals surface area (Å²) in [6, 6.07) is 7.49. The maximum atomic E-state index is 12.1. The van der Waals surface area contributed by atoms with Crippen LogP contribution in [-0.2, 0) is 6.42 Å². The molecule has 3 N–H and O–H groups in total. The third kappa shape index (κ3) is 4.34. The first-order valence-electron chi connectivity index (χ1n) is 7.07. The van der Waals surface area contributed by atoms with Crippen LogP contribution in [0.4, 0.5) is 0 Å². The molecule has 3 rings (SSSR count). The lowest BCUT2D eigenvalue weighted by Gasteiger charge is -2.26. The van der Waals surface area contributed by atoms with Gasteiger partial charge in [-0.2, -0.15) is 0 Å². The van der Waals surface area contributed by atoms with E-state index in [1.165, 1.54) is 11.3 Å². The monoisotopic (exact) mass is 355 g/mol. The van der Waals surface area contributed by atoms with Crippen LogP contribution in [0.5, 0.6) is 11.5 Å². The number of carbonyl (C=O) groups excluding carboxylic acids is 1. The molecule has 1 atom stereocenters. The number of nitrogens with one attached hydrogen (secondary N) is 1. The molecule has 124 valence electrons. The first kappa shape index (κ1) is 17.5. The molecule has 2 heterocycles. The average molecular weight is 356 g/mol. The number of halogens is 1. The van der Waals surface area contributed by atoms with Crippen LogP contribution >= 0.6 is 23.7 Å². The Bertz CT molecular complexity index is 665. The number of aromatic nitrogens is 1. The summed E-state index contributed by atoms with van der Waals surface area (Å²) in [7, 11) is 0. The third-order valence-electron chi connectivity index (χ3n) is 3.20. The summed E-state index contributed by atoms with van der Waals surface area (Å²) in [6.07, 6.45) is 0.481. The normalized spacial score (nSPS) is 15.6. The van der Waals surface area contributed by atoms with Gasteiger partial charge in [-0.3, -0.25) is 4.79 Å². The molecule has 2 aromatic rings. The Morgan fingerprint density at radius 3 is 2.96 bits per heavy atom. The van der Waals surface area contributed by atoms with Crippen molar-refractivity contribution in [2.24, 2.45) is 5.73 Å². The molecular formula is C15H18ClN3O3S. The fraction of sp³-hybridized carbons (Fsp3) is 0.333. The number of thiazole rings is 1. The molecular weight excluding hydrogens is 338 g/mol. The van der Waals surface area contributed by atoms with Crippen molar-refractivity contribution in [3.05, 3.63) is 40.3 Å². The molecule has 1 unspecified atom stereocenters. The van der Waals surface area contributed by atoms with Gasteiger partial charge in [-0.1, -0.05) is 12.1 Å². The molecule has 0 radical (unpaired) electrons. The minimum Gasteiger partial charge on any atom is -0.486 e. The smallest absolute Gasteiger partial charge is 0.270 e. The lowest BCUT2D eigenvalue weighted by molar-refractivity contribution is 0.0786. The summed E-state index contributed by atoms with van der Waals surface area (Å²) >= 11 is 1.45. The van der Waals surface area contributed by atoms with Crippen molar-refractivity contribution in [1.82, 2.24) is 10.3 Å². The maximum Gasteiger partial charge on any atom is 0.270 e. The Kier molecular flexibility index (Phi) is 6.20. The van der Waals surface area contributed by atoms with Gasteiger partial charge in [-0.15, -0.1) is 23.7 Å². The molecule has 0 fully saturated rings. The number of amides is 1. The highest BCUT2D eigenvalue weighted by atomic mass is 35.5. The van der Waals surface area contributed by atoms with E-state index < -0.39 is 0 Å². The highest BCUT2D eigenvalue weighted by Gasteiger charge is 2.21. The van der Waals surface area contributed by atoms with Crippen LogP contribution in [0.2, 0.25) is 0 Å². The minimum absolute atomic E-state index is 0. The van der Waals surface area contributed by atoms with Gasteiger partial charge >= 0.3 is 0 Å². The van der Waals surface area contributed by atoms with Crippen molar-refractivity contribution in [2.45, 2.75) is 12.5 Å². The molecule has 23 heavy (non-hydrogen) atoms. The van der Waals surface area contributed by atoms with E-state index in [1.54, 1.807) is 5.38 Å². The standard InChI is InChI=1S/C15H17N3O3S.ClH/c16-6-5-14-18-11(9-22-14)15(19)17-7-10-8-20-12-3-1-2-4-13(12)21-10;/h1-4,9-10H,5-8,16H2,(H,17,19);1H. The van der Waals surface area contributed by atoms with E-state index in [0.29, 0.717) is 37.6 Å². The van der Waals surface area contributed by atoms with Crippen molar-refractivity contribution in [3.63, 3.8) is 0 Å². The summed E-state index contributed by atoms with van der Waals surface area (Å²) in [6.45, 7) is 1.31. The van der Waals surface area contributed by atoms with Crippen molar-refractivity contribution >= 4 is 29.7 Å². The summed E-state index contributed by atoms with van der Waals surface area (Å²) in [4.78, 5) is 16.3.